The van der Waals surface area contributed by atoms with Crippen LogP contribution in [0.5, 0.6) is 5.75 Å². The van der Waals surface area contributed by atoms with E-state index in [9.17, 15) is 4.79 Å². The van der Waals surface area contributed by atoms with Crippen LogP contribution in [0, 0.1) is 0 Å². The maximum absolute atomic E-state index is 12.2. The lowest BCUT2D eigenvalue weighted by Gasteiger charge is -2.06. The van der Waals surface area contributed by atoms with Crippen LogP contribution in [-0.2, 0) is 6.54 Å². The van der Waals surface area contributed by atoms with Crippen LogP contribution in [0.1, 0.15) is 0 Å². The molecule has 1 aromatic heterocycles. The average Bonchev–Trinajstić information content (AvgIpc) is 2.91. The zero-order valence-electron chi connectivity index (χ0n) is 11.6. The summed E-state index contributed by atoms with van der Waals surface area (Å²) in [4.78, 5) is 12.2. The fraction of sp³-hybridized carbons (Fsp3) is 0.133. The molecule has 22 heavy (non-hydrogen) atoms. The number of nitrogens with zero attached hydrogens (tertiary/aromatic N) is 4. The quantitative estimate of drug-likeness (QED) is 0.723. The number of hydrogen-bond acceptors (Lipinski definition) is 4. The van der Waals surface area contributed by atoms with Crippen molar-refractivity contribution in [3.8, 4) is 11.4 Å². The van der Waals surface area contributed by atoms with Crippen molar-refractivity contribution in [2.24, 2.45) is 0 Å². The highest BCUT2D eigenvalue weighted by Gasteiger charge is 2.08. The van der Waals surface area contributed by atoms with Crippen LogP contribution < -0.4 is 10.4 Å². The second-order valence-corrected chi connectivity index (χ2v) is 4.92. The van der Waals surface area contributed by atoms with Gasteiger partial charge in [0, 0.05) is 0 Å². The molecule has 0 aliphatic carbocycles. The van der Waals surface area contributed by atoms with E-state index in [4.69, 9.17) is 16.3 Å². The number of hydrogen-bond donors (Lipinski definition) is 0. The van der Waals surface area contributed by atoms with Crippen molar-refractivity contribution in [1.29, 1.82) is 0 Å². The summed E-state index contributed by atoms with van der Waals surface area (Å²) in [7, 11) is 0. The summed E-state index contributed by atoms with van der Waals surface area (Å²) in [6.07, 6.45) is 0. The van der Waals surface area contributed by atoms with Gasteiger partial charge in [0.05, 0.1) is 17.3 Å². The largest absolute Gasteiger partial charge is 0.490 e. The first-order chi connectivity index (χ1) is 10.8. The van der Waals surface area contributed by atoms with Crippen LogP contribution in [0.15, 0.2) is 59.4 Å². The van der Waals surface area contributed by atoms with Gasteiger partial charge in [-0.1, -0.05) is 41.9 Å². The van der Waals surface area contributed by atoms with Gasteiger partial charge in [-0.05, 0) is 34.7 Å². The Morgan fingerprint density at radius 3 is 2.50 bits per heavy atom. The lowest BCUT2D eigenvalue weighted by atomic mass is 10.3. The second kappa shape index (κ2) is 6.44. The van der Waals surface area contributed by atoms with E-state index in [0.29, 0.717) is 16.5 Å². The number of ether oxygens (including phenoxy) is 1. The van der Waals surface area contributed by atoms with Gasteiger partial charge in [0.2, 0.25) is 0 Å². The van der Waals surface area contributed by atoms with Gasteiger partial charge in [0.25, 0.3) is 0 Å². The average molecular weight is 317 g/mol. The second-order valence-electron chi connectivity index (χ2n) is 4.51. The Kier molecular flexibility index (Phi) is 4.20. The molecule has 0 amide bonds. The van der Waals surface area contributed by atoms with Gasteiger partial charge in [-0.15, -0.1) is 0 Å². The molecule has 0 bridgehead atoms. The summed E-state index contributed by atoms with van der Waals surface area (Å²) in [6, 6.07) is 16.3. The first-order valence-corrected chi connectivity index (χ1v) is 7.09. The highest BCUT2D eigenvalue weighted by atomic mass is 35.5. The van der Waals surface area contributed by atoms with Crippen LogP contribution in [0.2, 0.25) is 5.02 Å². The Bertz CT molecular complexity index is 814. The van der Waals surface area contributed by atoms with E-state index in [2.05, 4.69) is 10.4 Å². The maximum atomic E-state index is 12.2. The smallest absolute Gasteiger partial charge is 0.368 e. The molecule has 7 heteroatoms. The standard InChI is InChI=1S/C15H13ClN4O2/c16-13-8-4-5-9-14(13)22-11-10-19-15(21)20(18-17-19)12-6-2-1-3-7-12/h1-9H,10-11H2. The fourth-order valence-corrected chi connectivity index (χ4v) is 2.14. The summed E-state index contributed by atoms with van der Waals surface area (Å²) in [5.41, 5.74) is 0.361. The third kappa shape index (κ3) is 3.01. The molecule has 0 unspecified atom stereocenters. The van der Waals surface area contributed by atoms with Crippen molar-refractivity contribution < 1.29 is 4.74 Å². The normalized spacial score (nSPS) is 10.6. The van der Waals surface area contributed by atoms with E-state index in [1.54, 1.807) is 24.3 Å². The van der Waals surface area contributed by atoms with Gasteiger partial charge < -0.3 is 4.74 Å². The maximum Gasteiger partial charge on any atom is 0.368 e. The Hall–Kier alpha value is -2.60. The van der Waals surface area contributed by atoms with Crippen LogP contribution in [0.4, 0.5) is 0 Å². The molecule has 0 spiro atoms. The van der Waals surface area contributed by atoms with Gasteiger partial charge in [0.15, 0.2) is 0 Å². The van der Waals surface area contributed by atoms with Crippen molar-refractivity contribution in [3.63, 3.8) is 0 Å². The van der Waals surface area contributed by atoms with Gasteiger partial charge in [-0.2, -0.15) is 9.36 Å². The van der Waals surface area contributed by atoms with Crippen LogP contribution in [-0.4, -0.2) is 26.4 Å². The van der Waals surface area contributed by atoms with Gasteiger partial charge in [-0.25, -0.2) is 4.79 Å². The number of halogens is 1. The molecule has 2 aromatic carbocycles. The molecule has 0 atom stereocenters. The van der Waals surface area contributed by atoms with Gasteiger partial charge in [0.1, 0.15) is 12.4 Å². The van der Waals surface area contributed by atoms with E-state index in [1.165, 1.54) is 9.36 Å². The summed E-state index contributed by atoms with van der Waals surface area (Å²) in [6.45, 7) is 0.564. The highest BCUT2D eigenvalue weighted by Crippen LogP contribution is 2.22. The zero-order chi connectivity index (χ0) is 15.4. The summed E-state index contributed by atoms with van der Waals surface area (Å²) in [5.74, 6) is 0.577. The predicted molar refractivity (Wildman–Crippen MR) is 82.6 cm³/mol. The molecule has 3 rings (SSSR count). The molecule has 1 heterocycles. The Balaban J connectivity index is 1.69. The third-order valence-electron chi connectivity index (χ3n) is 3.04. The number of para-hydroxylation sites is 2. The van der Waals surface area contributed by atoms with E-state index in [0.717, 1.165) is 0 Å². The van der Waals surface area contributed by atoms with Crippen molar-refractivity contribution in [2.75, 3.05) is 6.61 Å². The number of benzene rings is 2. The molecular weight excluding hydrogens is 304 g/mol. The lowest BCUT2D eigenvalue weighted by Crippen LogP contribution is -2.26. The van der Waals surface area contributed by atoms with E-state index in [-0.39, 0.29) is 18.8 Å². The van der Waals surface area contributed by atoms with Crippen molar-refractivity contribution in [2.45, 2.75) is 6.54 Å². The predicted octanol–water partition coefficient (Wildman–Crippen LogP) is 2.16. The van der Waals surface area contributed by atoms with Crippen molar-refractivity contribution in [1.82, 2.24) is 19.8 Å². The van der Waals surface area contributed by atoms with Crippen LogP contribution >= 0.6 is 11.6 Å². The molecule has 0 aliphatic heterocycles. The SMILES string of the molecule is O=c1n(CCOc2ccccc2Cl)nnn1-c1ccccc1. The van der Waals surface area contributed by atoms with Crippen LogP contribution in [0.3, 0.4) is 0 Å². The first kappa shape index (κ1) is 14.3. The minimum atomic E-state index is -0.311. The van der Waals surface area contributed by atoms with Gasteiger partial charge >= 0.3 is 5.69 Å². The number of rotatable bonds is 5. The summed E-state index contributed by atoms with van der Waals surface area (Å²) >= 11 is 6.00. The minimum Gasteiger partial charge on any atom is -0.490 e. The summed E-state index contributed by atoms with van der Waals surface area (Å²) in [5, 5.41) is 8.24. The van der Waals surface area contributed by atoms with Crippen molar-refractivity contribution in [3.05, 3.63) is 70.1 Å². The van der Waals surface area contributed by atoms with E-state index in [1.807, 2.05) is 30.3 Å². The topological polar surface area (TPSA) is 61.9 Å². The molecule has 112 valence electrons. The molecule has 0 aliphatic rings. The Labute approximate surface area is 131 Å². The zero-order valence-corrected chi connectivity index (χ0v) is 12.3. The Morgan fingerprint density at radius 1 is 1.00 bits per heavy atom. The molecule has 6 nitrogen and oxygen atoms in total. The third-order valence-corrected chi connectivity index (χ3v) is 3.35. The molecule has 0 radical (unpaired) electrons. The molecule has 0 saturated heterocycles. The molecule has 0 fully saturated rings. The monoisotopic (exact) mass is 316 g/mol. The van der Waals surface area contributed by atoms with Gasteiger partial charge in [-0.3, -0.25) is 0 Å². The number of tetrazole rings is 1. The first-order valence-electron chi connectivity index (χ1n) is 6.71. The fourth-order valence-electron chi connectivity index (χ4n) is 1.95. The van der Waals surface area contributed by atoms with Crippen molar-refractivity contribution >= 4 is 11.6 Å². The molecule has 0 saturated carbocycles. The van der Waals surface area contributed by atoms with Crippen LogP contribution in [0.25, 0.3) is 5.69 Å². The van der Waals surface area contributed by atoms with E-state index < -0.39 is 0 Å². The molecular formula is C15H13ClN4O2. The molecule has 0 N–H and O–H groups in total. The minimum absolute atomic E-state index is 0.275. The highest BCUT2D eigenvalue weighted by molar-refractivity contribution is 6.32. The molecule has 3 aromatic rings. The lowest BCUT2D eigenvalue weighted by molar-refractivity contribution is 0.287. The number of aromatic nitrogens is 4. The summed E-state index contributed by atoms with van der Waals surface area (Å²) < 4.78 is 8.04. The Morgan fingerprint density at radius 2 is 1.73 bits per heavy atom. The van der Waals surface area contributed by atoms with E-state index >= 15 is 0 Å².